The first kappa shape index (κ1) is 23.2. The van der Waals surface area contributed by atoms with E-state index in [1.165, 1.54) is 24.3 Å². The highest BCUT2D eigenvalue weighted by Gasteiger charge is 2.19. The summed E-state index contributed by atoms with van der Waals surface area (Å²) in [4.78, 5) is 12.6. The third-order valence-corrected chi connectivity index (χ3v) is 6.86. The molecule has 34 heavy (non-hydrogen) atoms. The molecule has 9 heteroatoms. The van der Waals surface area contributed by atoms with Crippen molar-refractivity contribution in [3.05, 3.63) is 83.4 Å². The fourth-order valence-corrected chi connectivity index (χ4v) is 4.95. The molecule has 8 nitrogen and oxygen atoms in total. The molecule has 0 radical (unpaired) electrons. The maximum Gasteiger partial charge on any atom is 0.295 e. The van der Waals surface area contributed by atoms with Crippen molar-refractivity contribution in [2.45, 2.75) is 32.2 Å². The van der Waals surface area contributed by atoms with Crippen LogP contribution in [-0.4, -0.2) is 24.0 Å². The molecule has 1 aromatic heterocycles. The molecule has 0 spiro atoms. The molecule has 0 saturated carbocycles. The summed E-state index contributed by atoms with van der Waals surface area (Å²) in [6.45, 7) is 6.14. The fourth-order valence-electron chi connectivity index (χ4n) is 3.77. The number of sulfonamides is 1. The van der Waals surface area contributed by atoms with E-state index in [1.807, 2.05) is 45.0 Å². The van der Waals surface area contributed by atoms with Gasteiger partial charge >= 0.3 is 0 Å². The summed E-state index contributed by atoms with van der Waals surface area (Å²) in [6, 6.07) is 18.3. The van der Waals surface area contributed by atoms with Crippen molar-refractivity contribution in [2.24, 2.45) is 10.2 Å². The number of hydrogen-bond donors (Lipinski definition) is 2. The first-order valence-corrected chi connectivity index (χ1v) is 12.2. The van der Waals surface area contributed by atoms with E-state index in [0.717, 1.165) is 16.6 Å². The molecule has 0 unspecified atom stereocenters. The van der Waals surface area contributed by atoms with Crippen LogP contribution in [0.4, 0.5) is 11.4 Å². The minimum absolute atomic E-state index is 0.0611. The molecule has 0 fully saturated rings. The Balaban J connectivity index is 1.62. The number of amides is 1. The van der Waals surface area contributed by atoms with Crippen LogP contribution in [-0.2, 0) is 16.6 Å². The molecule has 0 aliphatic carbocycles. The number of benzene rings is 3. The highest BCUT2D eigenvalue weighted by Crippen LogP contribution is 2.38. The number of carbonyl (C=O) groups is 1. The van der Waals surface area contributed by atoms with Gasteiger partial charge in [-0.15, -0.1) is 10.2 Å². The van der Waals surface area contributed by atoms with Gasteiger partial charge in [-0.05, 0) is 56.7 Å². The molecule has 4 rings (SSSR count). The molecule has 0 saturated heterocycles. The van der Waals surface area contributed by atoms with Crippen LogP contribution in [0.2, 0.25) is 0 Å². The lowest BCUT2D eigenvalue weighted by molar-refractivity contribution is 0.0995. The summed E-state index contributed by atoms with van der Waals surface area (Å²) in [5, 5.41) is 18.9. The number of para-hydroxylation sites is 1. The number of rotatable bonds is 6. The van der Waals surface area contributed by atoms with E-state index >= 15 is 0 Å². The zero-order chi connectivity index (χ0) is 24.5. The van der Waals surface area contributed by atoms with Crippen molar-refractivity contribution in [3.8, 4) is 5.88 Å². The SMILES string of the molecule is CCn1c(O)c(N=NC(=O)c2cccc(S(=O)(=O)Nc3ccc(C)cc3C)c2)c2ccccc21. The maximum absolute atomic E-state index is 12.9. The quantitative estimate of drug-likeness (QED) is 0.347. The van der Waals surface area contributed by atoms with Gasteiger partial charge in [-0.1, -0.05) is 42.0 Å². The zero-order valence-corrected chi connectivity index (χ0v) is 19.8. The Morgan fingerprint density at radius 1 is 1.03 bits per heavy atom. The van der Waals surface area contributed by atoms with Crippen LogP contribution >= 0.6 is 0 Å². The number of nitrogens with one attached hydrogen (secondary N) is 1. The average molecular weight is 477 g/mol. The van der Waals surface area contributed by atoms with E-state index in [0.29, 0.717) is 17.6 Å². The number of nitrogens with zero attached hydrogens (tertiary/aromatic N) is 3. The Kier molecular flexibility index (Phi) is 6.21. The predicted octanol–water partition coefficient (Wildman–Crippen LogP) is 5.71. The average Bonchev–Trinajstić information content (AvgIpc) is 3.09. The lowest BCUT2D eigenvalue weighted by Gasteiger charge is -2.11. The Morgan fingerprint density at radius 2 is 1.79 bits per heavy atom. The summed E-state index contributed by atoms with van der Waals surface area (Å²) in [6.07, 6.45) is 0. The number of anilines is 1. The number of aryl methyl sites for hydroxylation is 3. The second-order valence-electron chi connectivity index (χ2n) is 7.89. The number of hydrogen-bond acceptors (Lipinski definition) is 5. The number of aromatic hydroxyl groups is 1. The molecule has 1 amide bonds. The Morgan fingerprint density at radius 3 is 2.53 bits per heavy atom. The highest BCUT2D eigenvalue weighted by atomic mass is 32.2. The molecule has 0 bridgehead atoms. The third kappa shape index (κ3) is 4.42. The minimum Gasteiger partial charge on any atom is -0.493 e. The first-order chi connectivity index (χ1) is 16.2. The van der Waals surface area contributed by atoms with Gasteiger partial charge in [-0.25, -0.2) is 8.42 Å². The van der Waals surface area contributed by atoms with Gasteiger partial charge in [-0.2, -0.15) is 0 Å². The predicted molar refractivity (Wildman–Crippen MR) is 131 cm³/mol. The van der Waals surface area contributed by atoms with Crippen molar-refractivity contribution >= 4 is 38.2 Å². The van der Waals surface area contributed by atoms with E-state index in [-0.39, 0.29) is 22.0 Å². The van der Waals surface area contributed by atoms with E-state index < -0.39 is 15.9 Å². The lowest BCUT2D eigenvalue weighted by Crippen LogP contribution is -2.14. The monoisotopic (exact) mass is 476 g/mol. The molecule has 0 atom stereocenters. The van der Waals surface area contributed by atoms with Crippen molar-refractivity contribution in [1.82, 2.24) is 4.57 Å². The summed E-state index contributed by atoms with van der Waals surface area (Å²) in [5.41, 5.74) is 3.29. The summed E-state index contributed by atoms with van der Waals surface area (Å²) < 4.78 is 30.0. The minimum atomic E-state index is -3.93. The van der Waals surface area contributed by atoms with Crippen molar-refractivity contribution in [2.75, 3.05) is 4.72 Å². The topological polar surface area (TPSA) is 113 Å². The molecule has 4 aromatic rings. The lowest BCUT2D eigenvalue weighted by atomic mass is 10.1. The molecule has 1 heterocycles. The standard InChI is InChI=1S/C25H24N4O4S/c1-4-29-22-11-6-5-10-20(22)23(25(29)31)26-27-24(30)18-8-7-9-19(15-18)34(32,33)28-21-13-12-16(2)14-17(21)3/h5-15,28,31H,4H2,1-3H3. The summed E-state index contributed by atoms with van der Waals surface area (Å²) in [7, 11) is -3.93. The fraction of sp³-hybridized carbons (Fsp3) is 0.160. The molecular weight excluding hydrogens is 452 g/mol. The summed E-state index contributed by atoms with van der Waals surface area (Å²) >= 11 is 0. The van der Waals surface area contributed by atoms with E-state index in [2.05, 4.69) is 15.0 Å². The van der Waals surface area contributed by atoms with Gasteiger partial charge in [0.05, 0.1) is 16.1 Å². The van der Waals surface area contributed by atoms with Gasteiger partial charge in [0.15, 0.2) is 5.69 Å². The van der Waals surface area contributed by atoms with Crippen LogP contribution in [0.3, 0.4) is 0 Å². The van der Waals surface area contributed by atoms with Gasteiger partial charge in [0.2, 0.25) is 5.88 Å². The number of azo groups is 1. The number of aromatic nitrogens is 1. The number of carbonyl (C=O) groups excluding carboxylic acids is 1. The molecule has 0 aliphatic heterocycles. The van der Waals surface area contributed by atoms with E-state index in [4.69, 9.17) is 0 Å². The van der Waals surface area contributed by atoms with Crippen LogP contribution in [0, 0.1) is 13.8 Å². The molecular formula is C25H24N4O4S. The van der Waals surface area contributed by atoms with Crippen molar-refractivity contribution in [1.29, 1.82) is 0 Å². The van der Waals surface area contributed by atoms with Crippen LogP contribution in [0.15, 0.2) is 81.9 Å². The van der Waals surface area contributed by atoms with Gasteiger partial charge in [0.1, 0.15) is 0 Å². The van der Waals surface area contributed by atoms with Crippen LogP contribution in [0.1, 0.15) is 28.4 Å². The number of fused-ring (bicyclic) bond motifs is 1. The van der Waals surface area contributed by atoms with E-state index in [1.54, 1.807) is 22.8 Å². The Hall–Kier alpha value is -3.98. The third-order valence-electron chi connectivity index (χ3n) is 5.49. The Labute approximate surface area is 197 Å². The van der Waals surface area contributed by atoms with Gasteiger partial charge in [0, 0.05) is 17.5 Å². The van der Waals surface area contributed by atoms with Crippen molar-refractivity contribution in [3.63, 3.8) is 0 Å². The summed E-state index contributed by atoms with van der Waals surface area (Å²) in [5.74, 6) is -0.814. The zero-order valence-electron chi connectivity index (χ0n) is 19.0. The van der Waals surface area contributed by atoms with Gasteiger partial charge in [-0.3, -0.25) is 9.52 Å². The van der Waals surface area contributed by atoms with Crippen LogP contribution in [0.5, 0.6) is 5.88 Å². The van der Waals surface area contributed by atoms with E-state index in [9.17, 15) is 18.3 Å². The normalized spacial score (nSPS) is 11.9. The molecule has 3 aromatic carbocycles. The molecule has 174 valence electrons. The molecule has 2 N–H and O–H groups in total. The van der Waals surface area contributed by atoms with Crippen molar-refractivity contribution < 1.29 is 18.3 Å². The van der Waals surface area contributed by atoms with Gasteiger partial charge in [0.25, 0.3) is 15.9 Å². The first-order valence-electron chi connectivity index (χ1n) is 10.7. The second-order valence-corrected chi connectivity index (χ2v) is 9.57. The molecule has 0 aliphatic rings. The maximum atomic E-state index is 12.9. The smallest absolute Gasteiger partial charge is 0.295 e. The second kappa shape index (κ2) is 9.11. The van der Waals surface area contributed by atoms with Crippen LogP contribution < -0.4 is 4.72 Å². The highest BCUT2D eigenvalue weighted by molar-refractivity contribution is 7.92. The Bertz CT molecular complexity index is 1540. The van der Waals surface area contributed by atoms with Crippen LogP contribution in [0.25, 0.3) is 10.9 Å². The van der Waals surface area contributed by atoms with Gasteiger partial charge < -0.3 is 9.67 Å². The largest absolute Gasteiger partial charge is 0.493 e.